The van der Waals surface area contributed by atoms with E-state index in [0.717, 1.165) is 22.9 Å². The van der Waals surface area contributed by atoms with E-state index in [1.807, 2.05) is 51.6 Å². The maximum absolute atomic E-state index is 9.58. The van der Waals surface area contributed by atoms with Crippen molar-refractivity contribution in [2.24, 2.45) is 0 Å². The van der Waals surface area contributed by atoms with Crippen molar-refractivity contribution in [1.82, 2.24) is 14.4 Å². The number of pyridine rings is 1. The molecule has 3 rings (SSSR count). The number of hydrogen-bond acceptors (Lipinski definition) is 5. The van der Waals surface area contributed by atoms with E-state index in [1.165, 1.54) is 0 Å². The summed E-state index contributed by atoms with van der Waals surface area (Å²) in [6, 6.07) is 5.80. The number of aliphatic hydroxyl groups is 1. The Morgan fingerprint density at radius 3 is 3.05 bits per heavy atom. The van der Waals surface area contributed by atoms with Crippen molar-refractivity contribution >= 4 is 22.8 Å². The monoisotopic (exact) mass is 274 g/mol. The van der Waals surface area contributed by atoms with E-state index in [-0.39, 0.29) is 6.61 Å². The molecule has 6 heteroatoms. The van der Waals surface area contributed by atoms with Crippen molar-refractivity contribution in [2.45, 2.75) is 13.2 Å². The van der Waals surface area contributed by atoms with E-state index in [2.05, 4.69) is 9.97 Å². The fourth-order valence-corrected chi connectivity index (χ4v) is 2.67. The summed E-state index contributed by atoms with van der Waals surface area (Å²) in [5.74, 6) is 0.793. The number of imidazole rings is 1. The Balaban J connectivity index is 1.99. The van der Waals surface area contributed by atoms with Gasteiger partial charge >= 0.3 is 0 Å². The van der Waals surface area contributed by atoms with E-state index in [4.69, 9.17) is 0 Å². The highest BCUT2D eigenvalue weighted by molar-refractivity contribution is 7.07. The van der Waals surface area contributed by atoms with Gasteiger partial charge in [-0.3, -0.25) is 4.40 Å². The van der Waals surface area contributed by atoms with Gasteiger partial charge in [-0.05, 0) is 12.1 Å². The number of hydrogen-bond donors (Lipinski definition) is 1. The summed E-state index contributed by atoms with van der Waals surface area (Å²) in [4.78, 5) is 10.8. The van der Waals surface area contributed by atoms with E-state index in [0.29, 0.717) is 6.54 Å². The van der Waals surface area contributed by atoms with Crippen LogP contribution in [0.5, 0.6) is 0 Å². The largest absolute Gasteiger partial charge is 0.390 e. The molecule has 5 nitrogen and oxygen atoms in total. The molecule has 0 saturated carbocycles. The number of aliphatic hydroxyl groups excluding tert-OH is 1. The topological polar surface area (TPSA) is 53.7 Å². The Bertz CT molecular complexity index is 677. The lowest BCUT2D eigenvalue weighted by atomic mass is 10.3. The molecule has 0 amide bonds. The van der Waals surface area contributed by atoms with Gasteiger partial charge < -0.3 is 10.0 Å². The molecular formula is C13H14N4OS. The highest BCUT2D eigenvalue weighted by atomic mass is 32.1. The molecule has 0 radical (unpaired) electrons. The van der Waals surface area contributed by atoms with Crippen LogP contribution in [0, 0.1) is 0 Å². The number of fused-ring (bicyclic) bond motifs is 1. The van der Waals surface area contributed by atoms with E-state index < -0.39 is 0 Å². The number of rotatable bonds is 4. The van der Waals surface area contributed by atoms with Gasteiger partial charge in [-0.2, -0.15) is 0 Å². The van der Waals surface area contributed by atoms with Crippen LogP contribution < -0.4 is 4.90 Å². The molecule has 0 saturated heterocycles. The summed E-state index contributed by atoms with van der Waals surface area (Å²) in [7, 11) is 1.96. The molecule has 0 spiro atoms. The molecule has 1 N–H and O–H groups in total. The summed E-state index contributed by atoms with van der Waals surface area (Å²) < 4.78 is 1.91. The van der Waals surface area contributed by atoms with Crippen molar-refractivity contribution in [1.29, 1.82) is 0 Å². The minimum absolute atomic E-state index is 0.0398. The van der Waals surface area contributed by atoms with Crippen molar-refractivity contribution < 1.29 is 5.11 Å². The Morgan fingerprint density at radius 1 is 1.42 bits per heavy atom. The van der Waals surface area contributed by atoms with Gasteiger partial charge in [0.25, 0.3) is 0 Å². The first kappa shape index (κ1) is 12.1. The van der Waals surface area contributed by atoms with Crippen LogP contribution in [0.25, 0.3) is 5.65 Å². The Hall–Kier alpha value is -1.92. The first-order chi connectivity index (χ1) is 9.29. The molecule has 0 aliphatic heterocycles. The molecule has 3 heterocycles. The second-order valence-corrected chi connectivity index (χ2v) is 5.02. The van der Waals surface area contributed by atoms with Crippen molar-refractivity contribution in [3.05, 3.63) is 46.7 Å². The lowest BCUT2D eigenvalue weighted by Gasteiger charge is -2.16. The first-order valence-corrected chi connectivity index (χ1v) is 6.89. The number of anilines is 1. The zero-order chi connectivity index (χ0) is 13.2. The standard InChI is InChI=1S/C13H14N4OS/c1-16(6-10-8-19-9-14-10)13-11(7-18)17-5-3-2-4-12(17)15-13/h2-5,8-9,18H,6-7H2,1H3. The van der Waals surface area contributed by atoms with Gasteiger partial charge in [0.05, 0.1) is 30.1 Å². The summed E-state index contributed by atoms with van der Waals surface area (Å²) in [6.07, 6.45) is 1.91. The average molecular weight is 274 g/mol. The van der Waals surface area contributed by atoms with Crippen LogP contribution in [0.2, 0.25) is 0 Å². The molecule has 0 aliphatic carbocycles. The molecule has 19 heavy (non-hydrogen) atoms. The number of aromatic nitrogens is 3. The molecule has 0 atom stereocenters. The zero-order valence-corrected chi connectivity index (χ0v) is 11.3. The van der Waals surface area contributed by atoms with E-state index in [9.17, 15) is 5.11 Å². The van der Waals surface area contributed by atoms with Crippen LogP contribution in [0.15, 0.2) is 35.3 Å². The SMILES string of the molecule is CN(Cc1cscn1)c1nc2ccccn2c1CO. The minimum Gasteiger partial charge on any atom is -0.390 e. The van der Waals surface area contributed by atoms with Crippen molar-refractivity contribution in [2.75, 3.05) is 11.9 Å². The Labute approximate surface area is 114 Å². The van der Waals surface area contributed by atoms with Gasteiger partial charge in [0.1, 0.15) is 5.65 Å². The maximum atomic E-state index is 9.58. The maximum Gasteiger partial charge on any atom is 0.153 e. The molecule has 3 aromatic heterocycles. The molecule has 3 aromatic rings. The van der Waals surface area contributed by atoms with Gasteiger partial charge in [0.15, 0.2) is 5.82 Å². The van der Waals surface area contributed by atoms with Gasteiger partial charge in [0, 0.05) is 18.6 Å². The minimum atomic E-state index is -0.0398. The van der Waals surface area contributed by atoms with Crippen LogP contribution in [-0.4, -0.2) is 26.5 Å². The number of thiazole rings is 1. The summed E-state index contributed by atoms with van der Waals surface area (Å²) in [6.45, 7) is 0.641. The Kier molecular flexibility index (Phi) is 3.18. The van der Waals surface area contributed by atoms with Crippen molar-refractivity contribution in [3.63, 3.8) is 0 Å². The molecular weight excluding hydrogens is 260 g/mol. The van der Waals surface area contributed by atoms with Gasteiger partial charge in [-0.1, -0.05) is 6.07 Å². The van der Waals surface area contributed by atoms with Gasteiger partial charge in [-0.25, -0.2) is 9.97 Å². The predicted molar refractivity (Wildman–Crippen MR) is 75.3 cm³/mol. The average Bonchev–Trinajstić information content (AvgIpc) is 3.04. The van der Waals surface area contributed by atoms with E-state index >= 15 is 0 Å². The first-order valence-electron chi connectivity index (χ1n) is 5.94. The third kappa shape index (κ3) is 2.20. The Morgan fingerprint density at radius 2 is 2.32 bits per heavy atom. The lowest BCUT2D eigenvalue weighted by Crippen LogP contribution is -2.18. The van der Waals surface area contributed by atoms with Crippen molar-refractivity contribution in [3.8, 4) is 0 Å². The zero-order valence-electron chi connectivity index (χ0n) is 10.5. The van der Waals surface area contributed by atoms with Gasteiger partial charge in [-0.15, -0.1) is 11.3 Å². The third-order valence-electron chi connectivity index (χ3n) is 3.00. The van der Waals surface area contributed by atoms with Crippen LogP contribution in [0.4, 0.5) is 5.82 Å². The molecule has 0 aliphatic rings. The highest BCUT2D eigenvalue weighted by Crippen LogP contribution is 2.22. The fraction of sp³-hybridized carbons (Fsp3) is 0.231. The molecule has 0 fully saturated rings. The fourth-order valence-electron chi connectivity index (χ4n) is 2.12. The van der Waals surface area contributed by atoms with Crippen LogP contribution in [0.1, 0.15) is 11.4 Å². The van der Waals surface area contributed by atoms with Crippen LogP contribution >= 0.6 is 11.3 Å². The molecule has 0 unspecified atom stereocenters. The molecule has 0 bridgehead atoms. The second-order valence-electron chi connectivity index (χ2n) is 4.30. The smallest absolute Gasteiger partial charge is 0.153 e. The van der Waals surface area contributed by atoms with Crippen LogP contribution in [-0.2, 0) is 13.2 Å². The third-order valence-corrected chi connectivity index (χ3v) is 3.64. The second kappa shape index (κ2) is 4.99. The van der Waals surface area contributed by atoms with Crippen LogP contribution in [0.3, 0.4) is 0 Å². The summed E-state index contributed by atoms with van der Waals surface area (Å²) >= 11 is 1.58. The quantitative estimate of drug-likeness (QED) is 0.789. The summed E-state index contributed by atoms with van der Waals surface area (Å²) in [5.41, 5.74) is 4.47. The molecule has 98 valence electrons. The predicted octanol–water partition coefficient (Wildman–Crippen LogP) is 1.92. The van der Waals surface area contributed by atoms with Gasteiger partial charge in [0.2, 0.25) is 0 Å². The normalized spacial score (nSPS) is 11.1. The summed E-state index contributed by atoms with van der Waals surface area (Å²) in [5, 5.41) is 11.6. The highest BCUT2D eigenvalue weighted by Gasteiger charge is 2.15. The number of nitrogens with zero attached hydrogens (tertiary/aromatic N) is 4. The lowest BCUT2D eigenvalue weighted by molar-refractivity contribution is 0.276. The van der Waals surface area contributed by atoms with E-state index in [1.54, 1.807) is 11.3 Å². The molecule has 0 aromatic carbocycles.